The van der Waals surface area contributed by atoms with E-state index in [0.29, 0.717) is 66.5 Å². The van der Waals surface area contributed by atoms with Gasteiger partial charge in [0.05, 0.1) is 30.2 Å². The van der Waals surface area contributed by atoms with E-state index in [0.717, 1.165) is 91.1 Å². The highest BCUT2D eigenvalue weighted by Gasteiger charge is 2.48. The number of sulfonamides is 1. The molecule has 2 saturated carbocycles. The van der Waals surface area contributed by atoms with E-state index < -0.39 is 10.0 Å². The molecule has 8 aromatic rings. The van der Waals surface area contributed by atoms with Crippen LogP contribution in [-0.2, 0) is 21.4 Å². The molecule has 4 unspecified atom stereocenters. The Bertz CT molecular complexity index is 3700. The normalized spacial score (nSPS) is 23.3. The van der Waals surface area contributed by atoms with Crippen molar-refractivity contribution >= 4 is 70.3 Å². The summed E-state index contributed by atoms with van der Waals surface area (Å²) in [5, 5.41) is 12.1. The zero-order valence-electron chi connectivity index (χ0n) is 44.5. The number of hydrogen-bond acceptors (Lipinski definition) is 11. The number of hydrogen-bond donors (Lipinski definition) is 3. The Kier molecular flexibility index (Phi) is 11.7. The van der Waals surface area contributed by atoms with Crippen molar-refractivity contribution < 1.29 is 13.2 Å². The van der Waals surface area contributed by atoms with Crippen LogP contribution in [-0.4, -0.2) is 125 Å². The van der Waals surface area contributed by atoms with Gasteiger partial charge in [-0.3, -0.25) is 14.6 Å². The number of likely N-dealkylation sites (tertiary alicyclic amines) is 3. The molecule has 74 heavy (non-hydrogen) atoms. The van der Waals surface area contributed by atoms with Gasteiger partial charge in [-0.15, -0.1) is 27.8 Å². The molecule has 0 aromatic carbocycles. The molecule has 1 amide bonds. The van der Waals surface area contributed by atoms with Crippen molar-refractivity contribution in [2.45, 2.75) is 144 Å². The van der Waals surface area contributed by atoms with Crippen LogP contribution in [0, 0.1) is 53.4 Å². The Labute approximate surface area is 441 Å². The predicted octanol–water partition coefficient (Wildman–Crippen LogP) is 10.00. The second-order valence-electron chi connectivity index (χ2n) is 23.4. The number of thiophene rings is 2. The van der Waals surface area contributed by atoms with Crippen LogP contribution in [0.3, 0.4) is 0 Å². The number of carbonyl (C=O) groups is 1. The van der Waals surface area contributed by atoms with Gasteiger partial charge in [0.25, 0.3) is 0 Å². The van der Waals surface area contributed by atoms with Crippen LogP contribution in [0.5, 0.6) is 0 Å². The molecule has 5 aliphatic rings. The summed E-state index contributed by atoms with van der Waals surface area (Å²) < 4.78 is 33.9. The van der Waals surface area contributed by atoms with Crippen LogP contribution in [0.1, 0.15) is 144 Å². The minimum absolute atomic E-state index is 0.0397. The number of aromatic nitrogens is 8. The third kappa shape index (κ3) is 7.68. The summed E-state index contributed by atoms with van der Waals surface area (Å²) in [4.78, 5) is 42.3. The summed E-state index contributed by atoms with van der Waals surface area (Å²) in [6.45, 7) is 27.3. The molecule has 13 rings (SSSR count). The van der Waals surface area contributed by atoms with Crippen molar-refractivity contribution in [1.82, 2.24) is 58.6 Å². The minimum Gasteiger partial charge on any atom is -0.346 e. The fourth-order valence-electron chi connectivity index (χ4n) is 14.4. The number of pyridine rings is 2. The SMILES string of the molecule is Cc1c(-c2[nH]c3sc([C@@H]4CC5CC4CN5CCS(=O)(=O)NCc4nc5c(C)c(C)c(-c6[nH]c7sc([C@@H]8CC9CC8CN9CC(=O)N8CCC8)c(C)c7c6C(C)C)cn5n4)c(C)c3c2C(C)C)cn2ncnc2c1C. The molecule has 8 aromatic heterocycles. The fraction of sp³-hybridized carbons (Fsp3) is 0.554. The summed E-state index contributed by atoms with van der Waals surface area (Å²) in [5.74, 6) is 3.55. The maximum atomic E-state index is 13.6. The molecule has 3 N–H and O–H groups in total. The number of amides is 1. The Balaban J connectivity index is 0.667. The lowest BCUT2D eigenvalue weighted by Gasteiger charge is -2.35. The molecule has 0 spiro atoms. The highest BCUT2D eigenvalue weighted by molar-refractivity contribution is 7.89. The molecule has 18 heteroatoms. The molecule has 11 heterocycles. The van der Waals surface area contributed by atoms with Crippen molar-refractivity contribution in [3.63, 3.8) is 0 Å². The van der Waals surface area contributed by atoms with Crippen LogP contribution in [0.25, 0.3) is 54.2 Å². The number of aromatic amines is 2. The van der Waals surface area contributed by atoms with Gasteiger partial charge in [0.15, 0.2) is 17.1 Å². The zero-order chi connectivity index (χ0) is 51.4. The molecule has 6 atom stereocenters. The number of carbonyl (C=O) groups excluding carboxylic acids is 1. The number of rotatable bonds is 14. The highest BCUT2D eigenvalue weighted by Crippen LogP contribution is 2.55. The molecule has 3 aliphatic heterocycles. The van der Waals surface area contributed by atoms with E-state index in [2.05, 4.69) is 116 Å². The van der Waals surface area contributed by atoms with Crippen LogP contribution >= 0.6 is 22.7 Å². The summed E-state index contributed by atoms with van der Waals surface area (Å²) in [6, 6.07) is 0.873. The van der Waals surface area contributed by atoms with E-state index in [-0.39, 0.29) is 18.2 Å². The molecule has 3 saturated heterocycles. The smallest absolute Gasteiger partial charge is 0.236 e. The van der Waals surface area contributed by atoms with Crippen molar-refractivity contribution in [3.8, 4) is 22.5 Å². The van der Waals surface area contributed by atoms with Crippen LogP contribution in [0.15, 0.2) is 18.7 Å². The van der Waals surface area contributed by atoms with Crippen molar-refractivity contribution in [2.24, 2.45) is 11.8 Å². The molecule has 15 nitrogen and oxygen atoms in total. The van der Waals surface area contributed by atoms with Gasteiger partial charge < -0.3 is 14.9 Å². The lowest BCUT2D eigenvalue weighted by atomic mass is 9.88. The summed E-state index contributed by atoms with van der Waals surface area (Å²) >= 11 is 3.85. The van der Waals surface area contributed by atoms with Gasteiger partial charge in [0, 0.05) is 88.9 Å². The van der Waals surface area contributed by atoms with Gasteiger partial charge in [-0.2, -0.15) is 5.10 Å². The number of nitrogens with zero attached hydrogens (tertiary/aromatic N) is 9. The Morgan fingerprint density at radius 1 is 0.730 bits per heavy atom. The standard InChI is InChI=1S/C56H70N12O3S3/c1-27(2)45-47-33(9)51(72-55(47)61-49(45)41-23-67-53(57-26-58-67)31(7)29(41)5)39-18-37-16-35(39)21-65(37)14-15-74(70,71)59-20-43-60-54-32(8)30(6)42(24-68(54)63-43)50-46(28(3)4)48-34(10)52(73-56(48)62-50)40-19-38-17-36(40)22-66(38)25-44(69)64-12-11-13-64/h23-24,26-28,35-40,59,61-62H,11-22,25H2,1-10H3/t35?,36?,37?,38?,39-,40-/m1/s1. The third-order valence-electron chi connectivity index (χ3n) is 18.6. The highest BCUT2D eigenvalue weighted by atomic mass is 32.2. The van der Waals surface area contributed by atoms with Gasteiger partial charge in [-0.25, -0.2) is 32.1 Å². The zero-order valence-corrected chi connectivity index (χ0v) is 47.0. The molecule has 5 fully saturated rings. The minimum atomic E-state index is -3.59. The average Bonchev–Trinajstić information content (AvgIpc) is 4.20. The maximum Gasteiger partial charge on any atom is 0.236 e. The van der Waals surface area contributed by atoms with Gasteiger partial charge in [0.1, 0.15) is 16.0 Å². The topological polar surface area (TPSA) is 165 Å². The van der Waals surface area contributed by atoms with Crippen LogP contribution < -0.4 is 4.72 Å². The van der Waals surface area contributed by atoms with E-state index in [4.69, 9.17) is 10.1 Å². The van der Waals surface area contributed by atoms with Crippen molar-refractivity contribution in [2.75, 3.05) is 45.0 Å². The first-order valence-electron chi connectivity index (χ1n) is 27.1. The van der Waals surface area contributed by atoms with Gasteiger partial charge in [-0.05, 0) is 154 Å². The monoisotopic (exact) mass is 1050 g/mol. The first-order chi connectivity index (χ1) is 35.4. The van der Waals surface area contributed by atoms with Crippen molar-refractivity contribution in [1.29, 1.82) is 0 Å². The summed E-state index contributed by atoms with van der Waals surface area (Å²) in [6.07, 6.45) is 11.4. The Hall–Kier alpha value is -4.98. The van der Waals surface area contributed by atoms with E-state index in [9.17, 15) is 13.2 Å². The van der Waals surface area contributed by atoms with E-state index in [1.54, 1.807) is 6.33 Å². The average molecular weight is 1060 g/mol. The lowest BCUT2D eigenvalue weighted by Crippen LogP contribution is -2.49. The Morgan fingerprint density at radius 2 is 1.28 bits per heavy atom. The number of fused-ring (bicyclic) bond motifs is 8. The third-order valence-corrected chi connectivity index (χ3v) is 22.6. The quantitative estimate of drug-likeness (QED) is 0.0962. The number of H-pyrrole nitrogens is 2. The summed E-state index contributed by atoms with van der Waals surface area (Å²) in [5.41, 5.74) is 16.2. The Morgan fingerprint density at radius 3 is 1.81 bits per heavy atom. The first kappa shape index (κ1) is 48.6. The first-order valence-corrected chi connectivity index (χ1v) is 30.4. The molecular formula is C56H70N12O3S3. The summed E-state index contributed by atoms with van der Waals surface area (Å²) in [7, 11) is -3.59. The maximum absolute atomic E-state index is 13.6. The van der Waals surface area contributed by atoms with Gasteiger partial charge >= 0.3 is 0 Å². The molecule has 0 radical (unpaired) electrons. The molecular weight excluding hydrogens is 985 g/mol. The van der Waals surface area contributed by atoms with Gasteiger partial charge in [-0.1, -0.05) is 27.7 Å². The molecule has 4 bridgehead atoms. The second-order valence-corrected chi connectivity index (χ2v) is 27.5. The molecule has 2 aliphatic carbocycles. The largest absolute Gasteiger partial charge is 0.346 e. The second kappa shape index (κ2) is 17.8. The fourth-order valence-corrected chi connectivity index (χ4v) is 18.2. The van der Waals surface area contributed by atoms with E-state index in [1.807, 2.05) is 36.6 Å². The predicted molar refractivity (Wildman–Crippen MR) is 296 cm³/mol. The van der Waals surface area contributed by atoms with Crippen LogP contribution in [0.4, 0.5) is 0 Å². The molecule has 390 valence electrons. The number of aryl methyl sites for hydroxylation is 4. The van der Waals surface area contributed by atoms with Crippen LogP contribution in [0.2, 0.25) is 0 Å². The number of nitrogens with one attached hydrogen (secondary N) is 3. The van der Waals surface area contributed by atoms with Gasteiger partial charge in [0.2, 0.25) is 15.9 Å². The lowest BCUT2D eigenvalue weighted by molar-refractivity contribution is -0.136. The number of piperidine rings is 2. The van der Waals surface area contributed by atoms with Crippen molar-refractivity contribution in [3.05, 3.63) is 78.8 Å². The van der Waals surface area contributed by atoms with E-state index in [1.165, 1.54) is 75.7 Å². The van der Waals surface area contributed by atoms with E-state index >= 15 is 0 Å².